The van der Waals surface area contributed by atoms with Gasteiger partial charge in [-0.3, -0.25) is 5.41 Å². The molecule has 5 nitrogen and oxygen atoms in total. The van der Waals surface area contributed by atoms with Crippen LogP contribution < -0.4 is 5.49 Å². The molecule has 0 aliphatic carbocycles. The van der Waals surface area contributed by atoms with E-state index in [0.29, 0.717) is 24.5 Å². The van der Waals surface area contributed by atoms with Crippen molar-refractivity contribution >= 4 is 0 Å². The van der Waals surface area contributed by atoms with Crippen molar-refractivity contribution in [3.8, 4) is 11.8 Å². The number of benzene rings is 1. The summed E-state index contributed by atoms with van der Waals surface area (Å²) in [4.78, 5) is 0. The van der Waals surface area contributed by atoms with Crippen LogP contribution in [0.25, 0.3) is 5.69 Å². The summed E-state index contributed by atoms with van der Waals surface area (Å²) in [7, 11) is 0. The first-order chi connectivity index (χ1) is 11.3. The van der Waals surface area contributed by atoms with Crippen molar-refractivity contribution in [3.63, 3.8) is 0 Å². The fourth-order valence-electron chi connectivity index (χ4n) is 3.13. The Kier molecular flexibility index (Phi) is 4.02. The van der Waals surface area contributed by atoms with Crippen LogP contribution in [0.2, 0.25) is 0 Å². The topological polar surface area (TPSA) is 74.7 Å². The van der Waals surface area contributed by atoms with Crippen molar-refractivity contribution in [1.82, 2.24) is 9.78 Å². The Morgan fingerprint density at radius 2 is 2.04 bits per heavy atom. The van der Waals surface area contributed by atoms with Crippen molar-refractivity contribution in [2.24, 2.45) is 0 Å². The highest BCUT2D eigenvalue weighted by Gasteiger charge is 2.30. The molecule has 0 saturated heterocycles. The molecule has 2 aromatic rings. The first-order valence-corrected chi connectivity index (χ1v) is 8.17. The van der Waals surface area contributed by atoms with Crippen molar-refractivity contribution in [3.05, 3.63) is 52.1 Å². The van der Waals surface area contributed by atoms with Crippen molar-refractivity contribution in [2.75, 3.05) is 0 Å². The van der Waals surface area contributed by atoms with Gasteiger partial charge in [0, 0.05) is 12.0 Å². The van der Waals surface area contributed by atoms with Crippen LogP contribution in [-0.4, -0.2) is 15.4 Å². The minimum Gasteiger partial charge on any atom is -0.369 e. The fourth-order valence-corrected chi connectivity index (χ4v) is 3.13. The number of nitrogens with zero attached hydrogens (tertiary/aromatic N) is 3. The summed E-state index contributed by atoms with van der Waals surface area (Å²) < 4.78 is 7.43. The zero-order chi connectivity index (χ0) is 17.5. The molecule has 1 aliphatic rings. The number of hydrogen-bond acceptors (Lipinski definition) is 4. The second-order valence-corrected chi connectivity index (χ2v) is 7.11. The smallest absolute Gasteiger partial charge is 0.165 e. The highest BCUT2D eigenvalue weighted by molar-refractivity contribution is 5.46. The molecule has 2 heterocycles. The maximum absolute atomic E-state index is 9.64. The van der Waals surface area contributed by atoms with E-state index in [1.165, 1.54) is 0 Å². The largest absolute Gasteiger partial charge is 0.369 e. The van der Waals surface area contributed by atoms with Crippen molar-refractivity contribution in [2.45, 2.75) is 52.2 Å². The van der Waals surface area contributed by atoms with Gasteiger partial charge in [-0.25, -0.2) is 4.68 Å². The Labute approximate surface area is 142 Å². The Morgan fingerprint density at radius 1 is 1.33 bits per heavy atom. The van der Waals surface area contributed by atoms with Crippen LogP contribution in [-0.2, 0) is 17.8 Å². The normalized spacial score (nSPS) is 15.8. The first-order valence-electron chi connectivity index (χ1n) is 8.17. The van der Waals surface area contributed by atoms with Gasteiger partial charge in [-0.1, -0.05) is 32.0 Å². The summed E-state index contributed by atoms with van der Waals surface area (Å²) in [5.41, 5.74) is 3.75. The zero-order valence-corrected chi connectivity index (χ0v) is 14.6. The maximum Gasteiger partial charge on any atom is 0.165 e. The van der Waals surface area contributed by atoms with Gasteiger partial charge in [0.1, 0.15) is 11.6 Å². The number of para-hydroxylation sites is 1. The fraction of sp³-hybridized carbons (Fsp3) is 0.421. The van der Waals surface area contributed by atoms with E-state index in [1.54, 1.807) is 4.68 Å². The van der Waals surface area contributed by atoms with Gasteiger partial charge in [-0.15, -0.1) is 0 Å². The highest BCUT2D eigenvalue weighted by atomic mass is 16.5. The molecule has 0 radical (unpaired) electrons. The number of aromatic nitrogens is 2. The minimum atomic E-state index is -0.339. The lowest BCUT2D eigenvalue weighted by Crippen LogP contribution is -2.37. The van der Waals surface area contributed by atoms with Crippen molar-refractivity contribution in [1.29, 1.82) is 10.7 Å². The zero-order valence-electron chi connectivity index (χ0n) is 14.6. The summed E-state index contributed by atoms with van der Waals surface area (Å²) >= 11 is 0. The number of hydrogen-bond donors (Lipinski definition) is 1. The summed E-state index contributed by atoms with van der Waals surface area (Å²) in [5.74, 6) is 0.298. The van der Waals surface area contributed by atoms with Crippen LogP contribution >= 0.6 is 0 Å². The molecule has 0 unspecified atom stereocenters. The molecule has 1 aromatic carbocycles. The third kappa shape index (κ3) is 2.74. The standard InChI is InChI=1S/C19H22N4O/c1-12(2)13-7-5-6-8-17(13)23-18(21)15(10-20)14-9-19(3,4)24-11-16(14)22-23/h5-8,12,21H,9,11H2,1-4H3. The van der Waals surface area contributed by atoms with E-state index in [2.05, 4.69) is 25.0 Å². The lowest BCUT2D eigenvalue weighted by atomic mass is 9.92. The number of nitrogens with one attached hydrogen (secondary N) is 1. The molecule has 0 spiro atoms. The number of nitriles is 1. The molecule has 0 fully saturated rings. The second-order valence-electron chi connectivity index (χ2n) is 7.11. The summed E-state index contributed by atoms with van der Waals surface area (Å²) in [6.07, 6.45) is 0.594. The Hall–Kier alpha value is -2.45. The lowest BCUT2D eigenvalue weighted by molar-refractivity contribution is -0.0428. The third-order valence-electron chi connectivity index (χ3n) is 4.42. The summed E-state index contributed by atoms with van der Waals surface area (Å²) in [6.45, 7) is 8.57. The van der Waals surface area contributed by atoms with Crippen LogP contribution in [0.15, 0.2) is 24.3 Å². The van der Waals surface area contributed by atoms with E-state index in [-0.39, 0.29) is 11.1 Å². The van der Waals surface area contributed by atoms with Crippen LogP contribution in [0, 0.1) is 16.7 Å². The van der Waals surface area contributed by atoms with Gasteiger partial charge in [0.15, 0.2) is 5.49 Å². The van der Waals surface area contributed by atoms with E-state index in [1.807, 2.05) is 38.1 Å². The Balaban J connectivity index is 2.27. The average Bonchev–Trinajstić information content (AvgIpc) is 2.54. The number of fused-ring (bicyclic) bond motifs is 1. The van der Waals surface area contributed by atoms with Gasteiger partial charge in [0.25, 0.3) is 0 Å². The second kappa shape index (κ2) is 5.88. The van der Waals surface area contributed by atoms with E-state index in [9.17, 15) is 5.26 Å². The highest BCUT2D eigenvalue weighted by Crippen LogP contribution is 2.28. The molecule has 1 aromatic heterocycles. The molecule has 0 atom stereocenters. The SMILES string of the molecule is CC(C)c1ccccc1-n1nc2c(c(C#N)c1=N)CC(C)(C)OC2. The Morgan fingerprint density at radius 3 is 2.71 bits per heavy atom. The molecule has 24 heavy (non-hydrogen) atoms. The predicted molar refractivity (Wildman–Crippen MR) is 90.8 cm³/mol. The molecule has 0 saturated carbocycles. The number of ether oxygens (including phenoxy) is 1. The molecule has 1 N–H and O–H groups in total. The summed E-state index contributed by atoms with van der Waals surface area (Å²) in [5, 5.41) is 22.8. The molecule has 0 amide bonds. The first kappa shape index (κ1) is 16.4. The molecular formula is C19H22N4O. The minimum absolute atomic E-state index is 0.141. The maximum atomic E-state index is 9.64. The van der Waals surface area contributed by atoms with Gasteiger partial charge in [0.2, 0.25) is 0 Å². The van der Waals surface area contributed by atoms with Gasteiger partial charge < -0.3 is 4.74 Å². The lowest BCUT2D eigenvalue weighted by Gasteiger charge is -2.32. The monoisotopic (exact) mass is 322 g/mol. The van der Waals surface area contributed by atoms with E-state index in [4.69, 9.17) is 10.1 Å². The van der Waals surface area contributed by atoms with Crippen LogP contribution in [0.3, 0.4) is 0 Å². The van der Waals surface area contributed by atoms with Gasteiger partial charge in [-0.05, 0) is 31.4 Å². The third-order valence-corrected chi connectivity index (χ3v) is 4.42. The van der Waals surface area contributed by atoms with E-state index in [0.717, 1.165) is 22.5 Å². The molecule has 1 aliphatic heterocycles. The van der Waals surface area contributed by atoms with Crippen molar-refractivity contribution < 1.29 is 4.74 Å². The van der Waals surface area contributed by atoms with Crippen LogP contribution in [0.5, 0.6) is 0 Å². The van der Waals surface area contributed by atoms with E-state index >= 15 is 0 Å². The summed E-state index contributed by atoms with van der Waals surface area (Å²) in [6, 6.07) is 10.1. The molecule has 3 rings (SSSR count). The van der Waals surface area contributed by atoms with Gasteiger partial charge in [-0.2, -0.15) is 10.4 Å². The Bertz CT molecular complexity index is 887. The van der Waals surface area contributed by atoms with Crippen LogP contribution in [0.4, 0.5) is 0 Å². The molecule has 0 bridgehead atoms. The predicted octanol–water partition coefficient (Wildman–Crippen LogP) is 3.20. The molecule has 5 heteroatoms. The van der Waals surface area contributed by atoms with Crippen LogP contribution in [0.1, 0.15) is 56.0 Å². The van der Waals surface area contributed by atoms with Gasteiger partial charge in [0.05, 0.1) is 23.6 Å². The number of rotatable bonds is 2. The molecule has 124 valence electrons. The average molecular weight is 322 g/mol. The van der Waals surface area contributed by atoms with E-state index < -0.39 is 0 Å². The molecular weight excluding hydrogens is 300 g/mol. The quantitative estimate of drug-likeness (QED) is 0.922. The van der Waals surface area contributed by atoms with Gasteiger partial charge >= 0.3 is 0 Å².